The Morgan fingerprint density at radius 3 is 2.39 bits per heavy atom. The van der Waals surface area contributed by atoms with Crippen LogP contribution in [0.2, 0.25) is 0 Å². The summed E-state index contributed by atoms with van der Waals surface area (Å²) in [5.41, 5.74) is -0.877. The van der Waals surface area contributed by atoms with Crippen LogP contribution in [0.1, 0.15) is 45.4 Å². The van der Waals surface area contributed by atoms with Crippen molar-refractivity contribution in [2.45, 2.75) is 52.0 Å². The van der Waals surface area contributed by atoms with Crippen molar-refractivity contribution in [1.82, 2.24) is 9.13 Å². The van der Waals surface area contributed by atoms with Crippen molar-refractivity contribution in [3.63, 3.8) is 0 Å². The minimum Gasteiger partial charge on any atom is -0.494 e. The highest BCUT2D eigenvalue weighted by atomic mass is 16.3. The van der Waals surface area contributed by atoms with Gasteiger partial charge in [-0.15, -0.1) is 0 Å². The van der Waals surface area contributed by atoms with Crippen LogP contribution in [0.15, 0.2) is 15.7 Å². The maximum atomic E-state index is 11.7. The van der Waals surface area contributed by atoms with Crippen LogP contribution in [0.25, 0.3) is 0 Å². The minimum atomic E-state index is -0.450. The quantitative estimate of drug-likeness (QED) is 0.752. The number of hydrogen-bond acceptors (Lipinski definition) is 3. The third-order valence-electron chi connectivity index (χ3n) is 3.12. The van der Waals surface area contributed by atoms with E-state index in [1.807, 2.05) is 0 Å². The summed E-state index contributed by atoms with van der Waals surface area (Å²) < 4.78 is 2.26. The van der Waals surface area contributed by atoms with Crippen LogP contribution in [0.5, 0.6) is 5.88 Å². The lowest BCUT2D eigenvalue weighted by Crippen LogP contribution is -2.38. The van der Waals surface area contributed by atoms with Crippen molar-refractivity contribution < 1.29 is 5.11 Å². The van der Waals surface area contributed by atoms with E-state index in [0.29, 0.717) is 6.54 Å². The predicted octanol–water partition coefficient (Wildman–Crippen LogP) is 1.61. The van der Waals surface area contributed by atoms with Crippen molar-refractivity contribution in [2.24, 2.45) is 7.05 Å². The predicted molar refractivity (Wildman–Crippen MR) is 71.0 cm³/mol. The summed E-state index contributed by atoms with van der Waals surface area (Å²) in [6.45, 7) is 2.59. The molecule has 0 amide bonds. The van der Waals surface area contributed by atoms with E-state index in [0.717, 1.165) is 29.9 Å². The zero-order chi connectivity index (χ0) is 13.5. The van der Waals surface area contributed by atoms with Gasteiger partial charge in [0.05, 0.1) is 6.07 Å². The Hall–Kier alpha value is -1.52. The first kappa shape index (κ1) is 14.5. The summed E-state index contributed by atoms with van der Waals surface area (Å²) in [7, 11) is 1.45. The van der Waals surface area contributed by atoms with Gasteiger partial charge in [0.2, 0.25) is 0 Å². The molecule has 1 aromatic heterocycles. The Morgan fingerprint density at radius 2 is 1.72 bits per heavy atom. The zero-order valence-electron chi connectivity index (χ0n) is 11.2. The summed E-state index contributed by atoms with van der Waals surface area (Å²) in [5.74, 6) is -0.288. The van der Waals surface area contributed by atoms with Crippen molar-refractivity contribution in [3.8, 4) is 5.88 Å². The molecule has 1 aromatic rings. The van der Waals surface area contributed by atoms with E-state index in [1.165, 1.54) is 30.9 Å². The molecule has 0 aliphatic rings. The molecule has 0 aliphatic carbocycles. The molecule has 18 heavy (non-hydrogen) atoms. The molecule has 0 radical (unpaired) electrons. The number of nitrogens with zero attached hydrogens (tertiary/aromatic N) is 2. The first-order valence-electron chi connectivity index (χ1n) is 6.57. The van der Waals surface area contributed by atoms with Gasteiger partial charge >= 0.3 is 5.69 Å². The van der Waals surface area contributed by atoms with Crippen LogP contribution in [-0.4, -0.2) is 14.2 Å². The highest BCUT2D eigenvalue weighted by Crippen LogP contribution is 2.05. The van der Waals surface area contributed by atoms with Gasteiger partial charge in [0, 0.05) is 13.6 Å². The van der Waals surface area contributed by atoms with Gasteiger partial charge in [0.25, 0.3) is 5.56 Å². The molecule has 1 N–H and O–H groups in total. The van der Waals surface area contributed by atoms with Crippen LogP contribution >= 0.6 is 0 Å². The van der Waals surface area contributed by atoms with Crippen LogP contribution in [0.3, 0.4) is 0 Å². The second-order valence-corrected chi connectivity index (χ2v) is 4.60. The Balaban J connectivity index is 2.56. The van der Waals surface area contributed by atoms with Crippen molar-refractivity contribution in [2.75, 3.05) is 0 Å². The van der Waals surface area contributed by atoms with Gasteiger partial charge in [-0.05, 0) is 6.42 Å². The molecular formula is C13H22N2O3. The van der Waals surface area contributed by atoms with Crippen molar-refractivity contribution in [3.05, 3.63) is 26.9 Å². The first-order valence-corrected chi connectivity index (χ1v) is 6.57. The maximum Gasteiger partial charge on any atom is 0.333 e. The fraction of sp³-hybridized carbons (Fsp3) is 0.692. The molecule has 0 aromatic carbocycles. The monoisotopic (exact) mass is 254 g/mol. The largest absolute Gasteiger partial charge is 0.494 e. The summed E-state index contributed by atoms with van der Waals surface area (Å²) >= 11 is 0. The number of aromatic nitrogens is 2. The molecule has 0 unspecified atom stereocenters. The van der Waals surface area contributed by atoms with Crippen LogP contribution in [-0.2, 0) is 13.6 Å². The molecule has 1 heterocycles. The molecule has 0 saturated carbocycles. The smallest absolute Gasteiger partial charge is 0.333 e. The van der Waals surface area contributed by atoms with E-state index < -0.39 is 11.2 Å². The fourth-order valence-corrected chi connectivity index (χ4v) is 1.91. The second kappa shape index (κ2) is 7.03. The summed E-state index contributed by atoms with van der Waals surface area (Å²) in [5, 5.41) is 9.32. The van der Waals surface area contributed by atoms with E-state index in [9.17, 15) is 14.7 Å². The van der Waals surface area contributed by atoms with Gasteiger partial charge in [-0.2, -0.15) is 0 Å². The lowest BCUT2D eigenvalue weighted by Gasteiger charge is -2.07. The van der Waals surface area contributed by atoms with Crippen molar-refractivity contribution >= 4 is 0 Å². The van der Waals surface area contributed by atoms with Crippen LogP contribution < -0.4 is 11.2 Å². The minimum absolute atomic E-state index is 0.288. The maximum absolute atomic E-state index is 11.7. The number of unbranched alkanes of at least 4 members (excludes halogenated alkanes) is 5. The normalized spacial score (nSPS) is 10.8. The number of hydrogen-bond donors (Lipinski definition) is 1. The Morgan fingerprint density at radius 1 is 1.11 bits per heavy atom. The molecule has 1 rings (SSSR count). The third kappa shape index (κ3) is 3.75. The van der Waals surface area contributed by atoms with Gasteiger partial charge in [-0.25, -0.2) is 4.79 Å². The molecule has 0 bridgehead atoms. The summed E-state index contributed by atoms with van der Waals surface area (Å²) in [6.07, 6.45) is 6.64. The topological polar surface area (TPSA) is 64.2 Å². The second-order valence-electron chi connectivity index (χ2n) is 4.60. The molecule has 102 valence electrons. The summed E-state index contributed by atoms with van der Waals surface area (Å²) in [4.78, 5) is 23.3. The lowest BCUT2D eigenvalue weighted by atomic mass is 10.1. The van der Waals surface area contributed by atoms with E-state index in [2.05, 4.69) is 6.92 Å². The first-order chi connectivity index (χ1) is 8.57. The van der Waals surface area contributed by atoms with Crippen molar-refractivity contribution in [1.29, 1.82) is 0 Å². The molecule has 0 saturated heterocycles. The average molecular weight is 254 g/mol. The molecule has 0 aliphatic heterocycles. The van der Waals surface area contributed by atoms with Gasteiger partial charge in [0.15, 0.2) is 5.88 Å². The highest BCUT2D eigenvalue weighted by Gasteiger charge is 2.06. The standard InChI is InChI=1S/C13H22N2O3/c1-3-4-5-6-7-8-9-15-12(17)10-11(16)14(2)13(15)18/h10,16H,3-9H2,1-2H3. The molecule has 5 heteroatoms. The Labute approximate surface area is 107 Å². The fourth-order valence-electron chi connectivity index (χ4n) is 1.91. The molecule has 0 spiro atoms. The molecule has 5 nitrogen and oxygen atoms in total. The highest BCUT2D eigenvalue weighted by molar-refractivity contribution is 5.06. The zero-order valence-corrected chi connectivity index (χ0v) is 11.2. The van der Waals surface area contributed by atoms with Gasteiger partial charge in [-0.3, -0.25) is 13.9 Å². The third-order valence-corrected chi connectivity index (χ3v) is 3.12. The summed E-state index contributed by atoms with van der Waals surface area (Å²) in [6, 6.07) is 1.08. The SMILES string of the molecule is CCCCCCCCn1c(=O)cc(O)n(C)c1=O. The van der Waals surface area contributed by atoms with Crippen LogP contribution in [0, 0.1) is 0 Å². The lowest BCUT2D eigenvalue weighted by molar-refractivity contribution is 0.404. The number of aromatic hydroxyl groups is 1. The molecular weight excluding hydrogens is 232 g/mol. The van der Waals surface area contributed by atoms with E-state index in [4.69, 9.17) is 0 Å². The Bertz CT molecular complexity index is 488. The number of rotatable bonds is 7. The van der Waals surface area contributed by atoms with E-state index in [1.54, 1.807) is 0 Å². The Kier molecular flexibility index (Phi) is 5.68. The van der Waals surface area contributed by atoms with E-state index >= 15 is 0 Å². The van der Waals surface area contributed by atoms with Gasteiger partial charge in [-0.1, -0.05) is 39.0 Å². The van der Waals surface area contributed by atoms with E-state index in [-0.39, 0.29) is 5.88 Å². The van der Waals surface area contributed by atoms with Crippen LogP contribution in [0.4, 0.5) is 0 Å². The molecule has 0 fully saturated rings. The average Bonchev–Trinajstić information content (AvgIpc) is 2.34. The van der Waals surface area contributed by atoms with Gasteiger partial charge < -0.3 is 5.11 Å². The van der Waals surface area contributed by atoms with Gasteiger partial charge in [0.1, 0.15) is 0 Å². The molecule has 0 atom stereocenters.